The summed E-state index contributed by atoms with van der Waals surface area (Å²) in [6.45, 7) is 8.10. The number of amides is 1. The maximum Gasteiger partial charge on any atom is 0.220 e. The van der Waals surface area contributed by atoms with E-state index in [2.05, 4.69) is 58.8 Å². The van der Waals surface area contributed by atoms with Crippen molar-refractivity contribution in [3.05, 3.63) is 71.5 Å². The Morgan fingerprint density at radius 2 is 1.72 bits per heavy atom. The van der Waals surface area contributed by atoms with Gasteiger partial charge >= 0.3 is 0 Å². The summed E-state index contributed by atoms with van der Waals surface area (Å²) in [5.74, 6) is 1.89. The molecule has 0 aliphatic heterocycles. The summed E-state index contributed by atoms with van der Waals surface area (Å²) in [6.07, 6.45) is 0.499. The molecule has 1 atom stereocenters. The summed E-state index contributed by atoms with van der Waals surface area (Å²) in [6, 6.07) is 18.4. The van der Waals surface area contributed by atoms with Crippen molar-refractivity contribution in [1.29, 1.82) is 0 Å². The highest BCUT2D eigenvalue weighted by Crippen LogP contribution is 2.27. The molecule has 0 bridgehead atoms. The van der Waals surface area contributed by atoms with Crippen molar-refractivity contribution in [2.75, 3.05) is 0 Å². The molecule has 0 aliphatic rings. The molecule has 0 fully saturated rings. The number of benzene rings is 2. The van der Waals surface area contributed by atoms with E-state index in [1.807, 2.05) is 43.5 Å². The first-order chi connectivity index (χ1) is 13.9. The summed E-state index contributed by atoms with van der Waals surface area (Å²) in [5, 5.41) is 12.8. The maximum absolute atomic E-state index is 12.3. The fraction of sp³-hybridized carbons (Fsp3) is 0.348. The molecule has 1 N–H and O–H groups in total. The quantitative estimate of drug-likeness (QED) is 0.527. The van der Waals surface area contributed by atoms with Crippen LogP contribution in [0.25, 0.3) is 5.69 Å². The molecule has 1 aromatic heterocycles. The van der Waals surface area contributed by atoms with Crippen LogP contribution in [0.4, 0.5) is 0 Å². The van der Waals surface area contributed by atoms with Crippen LogP contribution in [0.1, 0.15) is 50.2 Å². The van der Waals surface area contributed by atoms with Crippen LogP contribution in [-0.2, 0) is 10.5 Å². The summed E-state index contributed by atoms with van der Waals surface area (Å²) in [5.41, 5.74) is 3.42. The number of hydrogen-bond acceptors (Lipinski definition) is 4. The lowest BCUT2D eigenvalue weighted by atomic mass is 10.1. The Morgan fingerprint density at radius 1 is 1.03 bits per heavy atom. The Balaban J connectivity index is 1.88. The Kier molecular flexibility index (Phi) is 7.09. The van der Waals surface area contributed by atoms with Gasteiger partial charge in [0.2, 0.25) is 5.91 Å². The molecule has 152 valence electrons. The lowest BCUT2D eigenvalue weighted by Crippen LogP contribution is -2.29. The van der Waals surface area contributed by atoms with Gasteiger partial charge in [-0.05, 0) is 37.5 Å². The third-order valence-corrected chi connectivity index (χ3v) is 5.52. The lowest BCUT2D eigenvalue weighted by molar-refractivity contribution is -0.122. The van der Waals surface area contributed by atoms with E-state index >= 15 is 0 Å². The molecule has 0 unspecified atom stereocenters. The number of carbonyl (C=O) groups excluding carboxylic acids is 1. The average Bonchev–Trinajstić information content (AvgIpc) is 3.11. The first-order valence-electron chi connectivity index (χ1n) is 9.92. The highest BCUT2D eigenvalue weighted by Gasteiger charge is 2.21. The van der Waals surface area contributed by atoms with Gasteiger partial charge in [-0.1, -0.05) is 73.6 Å². The van der Waals surface area contributed by atoms with Crippen LogP contribution in [-0.4, -0.2) is 20.7 Å². The number of rotatable bonds is 8. The van der Waals surface area contributed by atoms with Crippen LogP contribution in [0, 0.1) is 12.8 Å². The molecular formula is C23H28N4OS. The summed E-state index contributed by atoms with van der Waals surface area (Å²) < 4.78 is 2.05. The van der Waals surface area contributed by atoms with Crippen molar-refractivity contribution in [2.45, 2.75) is 51.1 Å². The average molecular weight is 409 g/mol. The largest absolute Gasteiger partial charge is 0.346 e. The van der Waals surface area contributed by atoms with E-state index in [4.69, 9.17) is 0 Å². The first kappa shape index (κ1) is 21.1. The van der Waals surface area contributed by atoms with Gasteiger partial charge in [-0.15, -0.1) is 10.2 Å². The van der Waals surface area contributed by atoms with Crippen LogP contribution in [0.15, 0.2) is 59.8 Å². The third-order valence-electron chi connectivity index (χ3n) is 4.52. The number of aromatic nitrogens is 3. The van der Waals surface area contributed by atoms with Crippen LogP contribution < -0.4 is 5.32 Å². The zero-order valence-electron chi connectivity index (χ0n) is 17.4. The van der Waals surface area contributed by atoms with Crippen molar-refractivity contribution in [2.24, 2.45) is 5.92 Å². The predicted octanol–water partition coefficient (Wildman–Crippen LogP) is 5.09. The van der Waals surface area contributed by atoms with E-state index < -0.39 is 0 Å². The van der Waals surface area contributed by atoms with E-state index in [0.717, 1.165) is 22.4 Å². The molecule has 1 heterocycles. The minimum absolute atomic E-state index is 0.0319. The zero-order chi connectivity index (χ0) is 20.8. The molecule has 1 amide bonds. The van der Waals surface area contributed by atoms with Gasteiger partial charge in [-0.3, -0.25) is 9.36 Å². The normalized spacial score (nSPS) is 12.2. The molecule has 2 aromatic carbocycles. The molecule has 0 saturated carbocycles. The minimum Gasteiger partial charge on any atom is -0.346 e. The van der Waals surface area contributed by atoms with Gasteiger partial charge < -0.3 is 5.32 Å². The second-order valence-corrected chi connectivity index (χ2v) is 8.62. The Morgan fingerprint density at radius 3 is 2.38 bits per heavy atom. The van der Waals surface area contributed by atoms with Gasteiger partial charge in [0, 0.05) is 17.9 Å². The number of carbonyl (C=O) groups is 1. The fourth-order valence-electron chi connectivity index (χ4n) is 3.05. The molecule has 0 saturated heterocycles. The number of aryl methyl sites for hydroxylation is 1. The SMILES string of the molecule is Cc1ccc(-n2c(SCc3ccccc3)nnc2[C@@H](C)NC(=O)CC(C)C)cc1. The summed E-state index contributed by atoms with van der Waals surface area (Å²) >= 11 is 1.64. The van der Waals surface area contributed by atoms with Gasteiger partial charge in [-0.25, -0.2) is 0 Å². The third kappa shape index (κ3) is 5.70. The van der Waals surface area contributed by atoms with Crippen LogP contribution in [0.5, 0.6) is 0 Å². The lowest BCUT2D eigenvalue weighted by Gasteiger charge is -2.17. The Bertz CT molecular complexity index is 935. The zero-order valence-corrected chi connectivity index (χ0v) is 18.2. The molecule has 6 heteroatoms. The second-order valence-electron chi connectivity index (χ2n) is 7.67. The van der Waals surface area contributed by atoms with Gasteiger partial charge in [0.25, 0.3) is 0 Å². The monoisotopic (exact) mass is 408 g/mol. The number of hydrogen-bond donors (Lipinski definition) is 1. The van der Waals surface area contributed by atoms with Crippen LogP contribution >= 0.6 is 11.8 Å². The molecular weight excluding hydrogens is 380 g/mol. The second kappa shape index (κ2) is 9.74. The number of nitrogens with zero attached hydrogens (tertiary/aromatic N) is 3. The van der Waals surface area contributed by atoms with Gasteiger partial charge in [0.05, 0.1) is 6.04 Å². The van der Waals surface area contributed by atoms with E-state index in [0.29, 0.717) is 12.3 Å². The summed E-state index contributed by atoms with van der Waals surface area (Å²) in [4.78, 5) is 12.3. The standard InChI is InChI=1S/C23H28N4OS/c1-16(2)14-21(28)24-18(4)22-25-26-23(29-15-19-8-6-5-7-9-19)27(22)20-12-10-17(3)11-13-20/h5-13,16,18H,14-15H2,1-4H3,(H,24,28)/t18-/m1/s1. The number of nitrogens with one attached hydrogen (secondary N) is 1. The molecule has 3 rings (SSSR count). The number of thioether (sulfide) groups is 1. The minimum atomic E-state index is -0.235. The predicted molar refractivity (Wildman–Crippen MR) is 118 cm³/mol. The van der Waals surface area contributed by atoms with Crippen LogP contribution in [0.2, 0.25) is 0 Å². The fourth-order valence-corrected chi connectivity index (χ4v) is 3.96. The highest BCUT2D eigenvalue weighted by atomic mass is 32.2. The Hall–Kier alpha value is -2.60. The Labute approximate surface area is 176 Å². The van der Waals surface area contributed by atoms with Crippen LogP contribution in [0.3, 0.4) is 0 Å². The molecule has 0 spiro atoms. The molecule has 29 heavy (non-hydrogen) atoms. The van der Waals surface area contributed by atoms with E-state index in [9.17, 15) is 4.79 Å². The van der Waals surface area contributed by atoms with Crippen molar-refractivity contribution >= 4 is 17.7 Å². The molecule has 0 aliphatic carbocycles. The van der Waals surface area contributed by atoms with E-state index in [-0.39, 0.29) is 11.9 Å². The molecule has 5 nitrogen and oxygen atoms in total. The van der Waals surface area contributed by atoms with Gasteiger partial charge in [0.15, 0.2) is 11.0 Å². The summed E-state index contributed by atoms with van der Waals surface area (Å²) in [7, 11) is 0. The van der Waals surface area contributed by atoms with E-state index in [1.54, 1.807) is 11.8 Å². The van der Waals surface area contributed by atoms with Crippen molar-refractivity contribution < 1.29 is 4.79 Å². The molecule has 3 aromatic rings. The van der Waals surface area contributed by atoms with Gasteiger partial charge in [0.1, 0.15) is 0 Å². The van der Waals surface area contributed by atoms with Crippen molar-refractivity contribution in [3.8, 4) is 5.69 Å². The van der Waals surface area contributed by atoms with Gasteiger partial charge in [-0.2, -0.15) is 0 Å². The topological polar surface area (TPSA) is 59.8 Å². The highest BCUT2D eigenvalue weighted by molar-refractivity contribution is 7.98. The smallest absolute Gasteiger partial charge is 0.220 e. The van der Waals surface area contributed by atoms with E-state index in [1.165, 1.54) is 11.1 Å². The van der Waals surface area contributed by atoms with Crippen molar-refractivity contribution in [3.63, 3.8) is 0 Å². The maximum atomic E-state index is 12.3. The molecule has 0 radical (unpaired) electrons. The van der Waals surface area contributed by atoms with Crippen molar-refractivity contribution in [1.82, 2.24) is 20.1 Å². The first-order valence-corrected chi connectivity index (χ1v) is 10.9.